The molecular formula is C22H35N5O15P2S. The zero-order valence-electron chi connectivity index (χ0n) is 23.7. The number of nitrogens with two attached hydrogens (primary N) is 1. The molecule has 0 radical (unpaired) electrons. The Bertz CT molecular complexity index is 1330. The lowest BCUT2D eigenvalue weighted by Gasteiger charge is -2.41. The van der Waals surface area contributed by atoms with Gasteiger partial charge in [-0.25, -0.2) is 24.1 Å². The van der Waals surface area contributed by atoms with Gasteiger partial charge in [0.15, 0.2) is 12.1 Å². The predicted octanol–water partition coefficient (Wildman–Crippen LogP) is -1.35. The first-order valence-corrected chi connectivity index (χ1v) is 17.1. The fourth-order valence-electron chi connectivity index (χ4n) is 4.53. The molecule has 9 unspecified atom stereocenters. The van der Waals surface area contributed by atoms with Crippen LogP contribution in [-0.4, -0.2) is 122 Å². The molecule has 1 aromatic rings. The summed E-state index contributed by atoms with van der Waals surface area (Å²) in [5.41, 5.74) is 6.43. The van der Waals surface area contributed by atoms with Gasteiger partial charge in [0.2, 0.25) is 5.91 Å². The van der Waals surface area contributed by atoms with Crippen LogP contribution in [0.4, 0.5) is 11.5 Å². The molecule has 20 nitrogen and oxygen atoms in total. The van der Waals surface area contributed by atoms with Gasteiger partial charge in [-0.15, -0.1) is 0 Å². The van der Waals surface area contributed by atoms with Crippen molar-refractivity contribution in [2.75, 3.05) is 31.4 Å². The summed E-state index contributed by atoms with van der Waals surface area (Å²) in [4.78, 5) is 33.7. The highest BCUT2D eigenvalue weighted by Crippen LogP contribution is 2.66. The van der Waals surface area contributed by atoms with E-state index in [1.54, 1.807) is 0 Å². The summed E-state index contributed by atoms with van der Waals surface area (Å²) in [6, 6.07) is 0. The second kappa shape index (κ2) is 15.8. The van der Waals surface area contributed by atoms with Gasteiger partial charge >= 0.3 is 14.6 Å². The molecule has 0 aromatic carbocycles. The number of phosphoric ester groups is 1. The van der Waals surface area contributed by atoms with Crippen molar-refractivity contribution in [2.45, 2.75) is 62.0 Å². The summed E-state index contributed by atoms with van der Waals surface area (Å²) in [6.07, 6.45) is -11.2. The zero-order valence-corrected chi connectivity index (χ0v) is 26.4. The first-order chi connectivity index (χ1) is 21.1. The van der Waals surface area contributed by atoms with E-state index < -0.39 is 94.8 Å². The number of phosphoric acid groups is 1. The number of hydrogen-bond donors (Lipinski definition) is 9. The normalized spacial score (nSPS) is 33.8. The minimum Gasteiger partial charge on any atom is -0.394 e. The van der Waals surface area contributed by atoms with Crippen LogP contribution in [0.5, 0.6) is 0 Å². The van der Waals surface area contributed by atoms with Crippen molar-refractivity contribution in [3.05, 3.63) is 24.8 Å². The van der Waals surface area contributed by atoms with Crippen molar-refractivity contribution in [3.8, 4) is 0 Å². The summed E-state index contributed by atoms with van der Waals surface area (Å²) in [7, 11) is -4.16. The third kappa shape index (κ3) is 9.34. The predicted molar refractivity (Wildman–Crippen MR) is 156 cm³/mol. The quantitative estimate of drug-likeness (QED) is 0.0614. The van der Waals surface area contributed by atoms with Gasteiger partial charge in [-0.3, -0.25) is 13.8 Å². The maximum Gasteiger partial charge on any atom is 0.482 e. The summed E-state index contributed by atoms with van der Waals surface area (Å²) < 4.78 is 56.9. The lowest BCUT2D eigenvalue weighted by molar-refractivity contribution is -0.292. The lowest BCUT2D eigenvalue weighted by atomic mass is 9.95. The molecular weight excluding hydrogens is 668 g/mol. The fraction of sp³-hybridized carbons (Fsp3) is 0.636. The SMILES string of the molecule is C=CNc1c(N)ncnc1C1O[C@H](COP(=O)(S)OP(=O)(O)OC2OC([C@@H](O)CO)C(O)C(O)C2O)C(/C=N/C(C)=O)[C@H]1OC. The maximum absolute atomic E-state index is 13.0. The first kappa shape index (κ1) is 37.5. The highest BCUT2D eigenvalue weighted by atomic mass is 32.7. The lowest BCUT2D eigenvalue weighted by Crippen LogP contribution is -2.61. The van der Waals surface area contributed by atoms with Gasteiger partial charge in [0.25, 0.3) is 0 Å². The Morgan fingerprint density at radius 1 is 1.27 bits per heavy atom. The number of aliphatic hydroxyl groups excluding tert-OH is 5. The molecule has 2 aliphatic heterocycles. The first-order valence-electron chi connectivity index (χ1n) is 12.9. The van der Waals surface area contributed by atoms with Gasteiger partial charge in [-0.05, 0) is 6.20 Å². The fourth-order valence-corrected chi connectivity index (χ4v) is 7.72. The van der Waals surface area contributed by atoms with Crippen molar-refractivity contribution >= 4 is 50.5 Å². The van der Waals surface area contributed by atoms with E-state index in [1.165, 1.54) is 32.8 Å². The molecule has 0 saturated carbocycles. The van der Waals surface area contributed by atoms with Crippen LogP contribution in [0.15, 0.2) is 24.1 Å². The molecule has 0 aliphatic carbocycles. The molecule has 2 aliphatic rings. The van der Waals surface area contributed by atoms with Crippen molar-refractivity contribution in [3.63, 3.8) is 0 Å². The van der Waals surface area contributed by atoms with Crippen LogP contribution in [0, 0.1) is 5.92 Å². The average Bonchev–Trinajstić information content (AvgIpc) is 3.32. The van der Waals surface area contributed by atoms with E-state index in [4.69, 9.17) is 29.6 Å². The monoisotopic (exact) mass is 703 g/mol. The number of thiol groups is 1. The molecule has 254 valence electrons. The van der Waals surface area contributed by atoms with E-state index in [1.807, 2.05) is 0 Å². The van der Waals surface area contributed by atoms with E-state index in [-0.39, 0.29) is 17.2 Å². The number of anilines is 2. The van der Waals surface area contributed by atoms with Crippen LogP contribution in [0.1, 0.15) is 18.7 Å². The minimum absolute atomic E-state index is 0.0465. The summed E-state index contributed by atoms with van der Waals surface area (Å²) in [5.74, 6) is -1.38. The van der Waals surface area contributed by atoms with Crippen LogP contribution in [0.3, 0.4) is 0 Å². The minimum atomic E-state index is -5.50. The van der Waals surface area contributed by atoms with Gasteiger partial charge in [-0.1, -0.05) is 18.8 Å². The van der Waals surface area contributed by atoms with E-state index in [0.29, 0.717) is 0 Å². The Morgan fingerprint density at radius 3 is 2.56 bits per heavy atom. The molecule has 0 bridgehead atoms. The topological polar surface area (TPSA) is 304 Å². The highest BCUT2D eigenvalue weighted by molar-refractivity contribution is 8.45. The van der Waals surface area contributed by atoms with E-state index in [2.05, 4.69) is 47.9 Å². The number of ether oxygens (including phenoxy) is 3. The molecule has 3 heterocycles. The van der Waals surface area contributed by atoms with Crippen LogP contribution >= 0.6 is 26.9 Å². The highest BCUT2D eigenvalue weighted by Gasteiger charge is 2.51. The van der Waals surface area contributed by atoms with Crippen LogP contribution < -0.4 is 11.1 Å². The third-order valence-corrected chi connectivity index (χ3v) is 10.2. The van der Waals surface area contributed by atoms with Gasteiger partial charge in [0, 0.05) is 20.2 Å². The molecule has 45 heavy (non-hydrogen) atoms. The smallest absolute Gasteiger partial charge is 0.394 e. The number of nitrogens with one attached hydrogen (secondary N) is 1. The molecule has 12 atom stereocenters. The maximum atomic E-state index is 13.0. The summed E-state index contributed by atoms with van der Waals surface area (Å²) in [5, 5.41) is 51.9. The van der Waals surface area contributed by atoms with Crippen molar-refractivity contribution in [2.24, 2.45) is 10.9 Å². The standard InChI is InChI=1S/C22H35N5O15P2S/c1-4-24-14-13(26-8-27-21(14)23)20-18(37-3)10(5-25-9(2)29)12(39-20)7-38-44(36,45)42-43(34,35)41-22-17(33)15(31)16(32)19(40-22)11(30)6-28/h4-5,8,10-12,15-20,22,24,28,30-33H,1,6-7H2,2-3H3,(H,34,35)(H,36,45)(H2,23,26,27)/b25-5+/t10?,11-,12+,15?,16?,17?,18+,19?,20?,22?,44?/m0/s1. The van der Waals surface area contributed by atoms with Crippen molar-refractivity contribution < 1.29 is 71.9 Å². The zero-order chi connectivity index (χ0) is 33.7. The molecule has 2 fully saturated rings. The number of aliphatic hydroxyl groups is 5. The Labute approximate surface area is 261 Å². The Morgan fingerprint density at radius 2 is 1.96 bits per heavy atom. The second-order valence-corrected chi connectivity index (χ2v) is 14.1. The Kier molecular flexibility index (Phi) is 13.2. The molecule has 1 amide bonds. The number of aliphatic imine (C=N–C) groups is 1. The molecule has 23 heteroatoms. The number of rotatable bonds is 14. The average molecular weight is 704 g/mol. The number of amides is 1. The van der Waals surface area contributed by atoms with E-state index in [9.17, 15) is 39.2 Å². The van der Waals surface area contributed by atoms with Gasteiger partial charge < -0.3 is 55.7 Å². The van der Waals surface area contributed by atoms with Gasteiger partial charge in [-0.2, -0.15) is 4.31 Å². The molecule has 2 saturated heterocycles. The number of methoxy groups -OCH3 is 1. The van der Waals surface area contributed by atoms with Gasteiger partial charge in [0.1, 0.15) is 54.3 Å². The second-order valence-electron chi connectivity index (χ2n) is 9.65. The molecule has 3 rings (SSSR count). The molecule has 1 aromatic heterocycles. The van der Waals surface area contributed by atoms with Crippen LogP contribution in [-0.2, 0) is 41.5 Å². The van der Waals surface area contributed by atoms with Crippen molar-refractivity contribution in [1.82, 2.24) is 9.97 Å². The molecule has 0 spiro atoms. The van der Waals surface area contributed by atoms with Gasteiger partial charge in [0.05, 0.1) is 31.3 Å². The number of carbonyl (C=O) groups excluding carboxylic acids is 1. The number of hydrogen-bond acceptors (Lipinski definition) is 18. The third-order valence-electron chi connectivity index (χ3n) is 6.57. The molecule has 9 N–H and O–H groups in total. The van der Waals surface area contributed by atoms with Crippen molar-refractivity contribution in [1.29, 1.82) is 0 Å². The Hall–Kier alpha value is -1.91. The van der Waals surface area contributed by atoms with E-state index in [0.717, 1.165) is 0 Å². The number of carbonyl (C=O) groups is 1. The summed E-state index contributed by atoms with van der Waals surface area (Å²) in [6.45, 7) is -1.65. The Balaban J connectivity index is 1.78. The number of aromatic nitrogens is 2. The summed E-state index contributed by atoms with van der Waals surface area (Å²) >= 11 is 3.70. The van der Waals surface area contributed by atoms with Crippen LogP contribution in [0.25, 0.3) is 0 Å². The largest absolute Gasteiger partial charge is 0.482 e. The number of nitrogen functional groups attached to an aromatic ring is 1. The van der Waals surface area contributed by atoms with E-state index >= 15 is 0 Å². The number of nitrogens with zero attached hydrogens (tertiary/aromatic N) is 3. The van der Waals surface area contributed by atoms with Crippen LogP contribution in [0.2, 0.25) is 0 Å².